The van der Waals surface area contributed by atoms with Gasteiger partial charge in [-0.05, 0) is 29.7 Å². The summed E-state index contributed by atoms with van der Waals surface area (Å²) in [5.74, 6) is 0.700. The van der Waals surface area contributed by atoms with E-state index in [4.69, 9.17) is 32.7 Å². The number of hydrogen-bond acceptors (Lipinski definition) is 2. The molecule has 0 aromatic heterocycles. The molecule has 0 spiro atoms. The Morgan fingerprint density at radius 3 is 2.38 bits per heavy atom. The van der Waals surface area contributed by atoms with E-state index in [1.54, 1.807) is 20.3 Å². The second-order valence-electron chi connectivity index (χ2n) is 4.73. The van der Waals surface area contributed by atoms with E-state index < -0.39 is 0 Å². The van der Waals surface area contributed by atoms with Crippen LogP contribution in [0.1, 0.15) is 22.1 Å². The van der Waals surface area contributed by atoms with E-state index in [1.807, 2.05) is 24.3 Å². The number of rotatable bonds is 6. The molecule has 1 atom stereocenters. The molecule has 0 aliphatic heterocycles. The molecule has 0 saturated carbocycles. The van der Waals surface area contributed by atoms with Gasteiger partial charge in [-0.25, -0.2) is 0 Å². The predicted molar refractivity (Wildman–Crippen MR) is 87.7 cm³/mol. The SMILES string of the molecule is COCCc1ccc(C(Cl)c2ccc(Cl)cc2OC)cc1. The summed E-state index contributed by atoms with van der Waals surface area (Å²) in [5.41, 5.74) is 3.17. The molecule has 0 bridgehead atoms. The maximum Gasteiger partial charge on any atom is 0.125 e. The molecule has 2 aromatic carbocycles. The highest BCUT2D eigenvalue weighted by atomic mass is 35.5. The summed E-state index contributed by atoms with van der Waals surface area (Å²) in [6.45, 7) is 0.717. The number of ether oxygens (including phenoxy) is 2. The molecule has 0 N–H and O–H groups in total. The number of halogens is 2. The first-order valence-electron chi connectivity index (χ1n) is 6.71. The van der Waals surface area contributed by atoms with Crippen molar-refractivity contribution in [2.45, 2.75) is 11.8 Å². The van der Waals surface area contributed by atoms with Gasteiger partial charge in [-0.2, -0.15) is 0 Å². The summed E-state index contributed by atoms with van der Waals surface area (Å²) >= 11 is 12.6. The Kier molecular flexibility index (Phi) is 5.92. The first-order valence-corrected chi connectivity index (χ1v) is 7.52. The van der Waals surface area contributed by atoms with Gasteiger partial charge in [0.25, 0.3) is 0 Å². The van der Waals surface area contributed by atoms with Gasteiger partial charge in [0, 0.05) is 17.7 Å². The smallest absolute Gasteiger partial charge is 0.125 e. The van der Waals surface area contributed by atoms with Crippen LogP contribution < -0.4 is 4.74 Å². The summed E-state index contributed by atoms with van der Waals surface area (Å²) in [6, 6.07) is 13.7. The van der Waals surface area contributed by atoms with Gasteiger partial charge in [-0.1, -0.05) is 41.9 Å². The predicted octanol–water partition coefficient (Wildman–Crippen LogP) is 4.87. The van der Waals surface area contributed by atoms with Crippen molar-refractivity contribution in [1.82, 2.24) is 0 Å². The molecule has 0 aliphatic rings. The number of hydrogen-bond donors (Lipinski definition) is 0. The minimum Gasteiger partial charge on any atom is -0.496 e. The standard InChI is InChI=1S/C17H18Cl2O2/c1-20-10-9-12-3-5-13(6-4-12)17(19)15-8-7-14(18)11-16(15)21-2/h3-8,11,17H,9-10H2,1-2H3. The second-order valence-corrected chi connectivity index (χ2v) is 5.61. The molecule has 21 heavy (non-hydrogen) atoms. The van der Waals surface area contributed by atoms with Gasteiger partial charge >= 0.3 is 0 Å². The monoisotopic (exact) mass is 324 g/mol. The van der Waals surface area contributed by atoms with E-state index in [0.29, 0.717) is 17.4 Å². The molecule has 2 nitrogen and oxygen atoms in total. The van der Waals surface area contributed by atoms with Crippen molar-refractivity contribution < 1.29 is 9.47 Å². The molecule has 0 heterocycles. The molecule has 2 rings (SSSR count). The highest BCUT2D eigenvalue weighted by Gasteiger charge is 2.16. The van der Waals surface area contributed by atoms with Crippen LogP contribution in [0.4, 0.5) is 0 Å². The molecular weight excluding hydrogens is 307 g/mol. The van der Waals surface area contributed by atoms with Crippen LogP contribution in [0.3, 0.4) is 0 Å². The van der Waals surface area contributed by atoms with E-state index in [2.05, 4.69) is 12.1 Å². The zero-order valence-corrected chi connectivity index (χ0v) is 13.6. The summed E-state index contributed by atoms with van der Waals surface area (Å²) in [7, 11) is 3.32. The van der Waals surface area contributed by atoms with Gasteiger partial charge < -0.3 is 9.47 Å². The fraction of sp³-hybridized carbons (Fsp3) is 0.294. The van der Waals surface area contributed by atoms with Gasteiger partial charge in [-0.3, -0.25) is 0 Å². The molecule has 0 saturated heterocycles. The van der Waals surface area contributed by atoms with Crippen LogP contribution in [0.5, 0.6) is 5.75 Å². The Hall–Kier alpha value is -1.22. The van der Waals surface area contributed by atoms with E-state index in [1.165, 1.54) is 5.56 Å². The fourth-order valence-electron chi connectivity index (χ4n) is 2.15. The zero-order chi connectivity index (χ0) is 15.2. The average molecular weight is 325 g/mol. The topological polar surface area (TPSA) is 18.5 Å². The molecule has 112 valence electrons. The normalized spacial score (nSPS) is 12.2. The first-order chi connectivity index (χ1) is 10.2. The second kappa shape index (κ2) is 7.69. The Morgan fingerprint density at radius 1 is 1.05 bits per heavy atom. The molecular formula is C17H18Cl2O2. The van der Waals surface area contributed by atoms with Crippen LogP contribution in [0.25, 0.3) is 0 Å². The molecule has 2 aromatic rings. The van der Waals surface area contributed by atoms with Crippen molar-refractivity contribution >= 4 is 23.2 Å². The number of alkyl halides is 1. The van der Waals surface area contributed by atoms with Crippen LogP contribution in [-0.2, 0) is 11.2 Å². The zero-order valence-electron chi connectivity index (χ0n) is 12.1. The molecule has 0 fully saturated rings. The third kappa shape index (κ3) is 4.13. The summed E-state index contributed by atoms with van der Waals surface area (Å²) < 4.78 is 10.4. The van der Waals surface area contributed by atoms with Crippen LogP contribution in [0.2, 0.25) is 5.02 Å². The minimum atomic E-state index is -0.270. The lowest BCUT2D eigenvalue weighted by Crippen LogP contribution is -1.99. The van der Waals surface area contributed by atoms with Crippen LogP contribution in [-0.4, -0.2) is 20.8 Å². The van der Waals surface area contributed by atoms with Crippen molar-refractivity contribution in [3.63, 3.8) is 0 Å². The van der Waals surface area contributed by atoms with Crippen LogP contribution in [0, 0.1) is 0 Å². The molecule has 0 radical (unpaired) electrons. The summed E-state index contributed by atoms with van der Waals surface area (Å²) in [4.78, 5) is 0. The van der Waals surface area contributed by atoms with Crippen molar-refractivity contribution in [3.8, 4) is 5.75 Å². The number of methoxy groups -OCH3 is 2. The van der Waals surface area contributed by atoms with Gasteiger partial charge in [0.05, 0.1) is 19.1 Å². The molecule has 1 unspecified atom stereocenters. The van der Waals surface area contributed by atoms with Crippen molar-refractivity contribution in [1.29, 1.82) is 0 Å². The van der Waals surface area contributed by atoms with Crippen molar-refractivity contribution in [3.05, 3.63) is 64.2 Å². The van der Waals surface area contributed by atoms with E-state index in [9.17, 15) is 0 Å². The Morgan fingerprint density at radius 2 is 1.76 bits per heavy atom. The van der Waals surface area contributed by atoms with Gasteiger partial charge in [0.2, 0.25) is 0 Å². The van der Waals surface area contributed by atoms with Crippen LogP contribution in [0.15, 0.2) is 42.5 Å². The lowest BCUT2D eigenvalue weighted by molar-refractivity contribution is 0.202. The lowest BCUT2D eigenvalue weighted by atomic mass is 10.0. The summed E-state index contributed by atoms with van der Waals surface area (Å²) in [6.07, 6.45) is 0.897. The third-order valence-corrected chi connectivity index (χ3v) is 4.06. The van der Waals surface area contributed by atoms with Crippen molar-refractivity contribution in [2.24, 2.45) is 0 Å². The van der Waals surface area contributed by atoms with E-state index in [-0.39, 0.29) is 5.38 Å². The quantitative estimate of drug-likeness (QED) is 0.706. The maximum atomic E-state index is 6.58. The lowest BCUT2D eigenvalue weighted by Gasteiger charge is -2.15. The Labute approximate surface area is 135 Å². The maximum absolute atomic E-state index is 6.58. The van der Waals surface area contributed by atoms with E-state index >= 15 is 0 Å². The highest BCUT2D eigenvalue weighted by Crippen LogP contribution is 2.36. The third-order valence-electron chi connectivity index (χ3n) is 3.34. The number of benzene rings is 2. The molecule has 0 aliphatic carbocycles. The van der Waals surface area contributed by atoms with Gasteiger partial charge in [-0.15, -0.1) is 11.6 Å². The molecule has 4 heteroatoms. The molecule has 0 amide bonds. The Bertz CT molecular complexity index is 582. The van der Waals surface area contributed by atoms with E-state index in [0.717, 1.165) is 17.5 Å². The van der Waals surface area contributed by atoms with Crippen LogP contribution >= 0.6 is 23.2 Å². The largest absolute Gasteiger partial charge is 0.496 e. The highest BCUT2D eigenvalue weighted by molar-refractivity contribution is 6.30. The first kappa shape index (κ1) is 16.2. The van der Waals surface area contributed by atoms with Gasteiger partial charge in [0.1, 0.15) is 5.75 Å². The minimum absolute atomic E-state index is 0.270. The summed E-state index contributed by atoms with van der Waals surface area (Å²) in [5, 5.41) is 0.364. The fourth-order valence-corrected chi connectivity index (χ4v) is 2.63. The van der Waals surface area contributed by atoms with Crippen molar-refractivity contribution in [2.75, 3.05) is 20.8 Å². The average Bonchev–Trinajstić information content (AvgIpc) is 2.52. The van der Waals surface area contributed by atoms with Gasteiger partial charge in [0.15, 0.2) is 0 Å². The Balaban J connectivity index is 2.21.